The highest BCUT2D eigenvalue weighted by Gasteiger charge is 2.27. The Kier molecular flexibility index (Phi) is 5.96. The van der Waals surface area contributed by atoms with Gasteiger partial charge in [-0.1, -0.05) is 6.07 Å². The lowest BCUT2D eigenvalue weighted by Crippen LogP contribution is -2.40. The Morgan fingerprint density at radius 1 is 1.30 bits per heavy atom. The number of carbonyl (C=O) groups is 1. The monoisotopic (exact) mass is 320 g/mol. The number of carbonyl (C=O) groups excluding carboxylic acids is 1. The summed E-state index contributed by atoms with van der Waals surface area (Å²) < 4.78 is 5.47. The van der Waals surface area contributed by atoms with E-state index in [1.54, 1.807) is 11.1 Å². The molecule has 0 aliphatic carbocycles. The molecule has 1 fully saturated rings. The molecule has 2 rings (SSSR count). The van der Waals surface area contributed by atoms with Crippen molar-refractivity contribution in [2.45, 2.75) is 38.8 Å². The summed E-state index contributed by atoms with van der Waals surface area (Å²) in [5.41, 5.74) is 6.50. The lowest BCUT2D eigenvalue weighted by atomic mass is 10.1. The number of pyridine rings is 1. The fourth-order valence-electron chi connectivity index (χ4n) is 2.79. The molecule has 1 amide bonds. The van der Waals surface area contributed by atoms with Gasteiger partial charge in [-0.25, -0.2) is 4.79 Å². The molecule has 0 spiro atoms. The lowest BCUT2D eigenvalue weighted by Gasteiger charge is -2.29. The highest BCUT2D eigenvalue weighted by atomic mass is 16.6. The fraction of sp³-hybridized carbons (Fsp3) is 0.647. The van der Waals surface area contributed by atoms with Crippen molar-refractivity contribution in [3.05, 3.63) is 30.1 Å². The number of nitrogens with zero attached hydrogens (tertiary/aromatic N) is 3. The number of amides is 1. The van der Waals surface area contributed by atoms with Crippen LogP contribution in [0.15, 0.2) is 24.4 Å². The summed E-state index contributed by atoms with van der Waals surface area (Å²) in [7, 11) is 0. The van der Waals surface area contributed by atoms with Gasteiger partial charge < -0.3 is 15.4 Å². The van der Waals surface area contributed by atoms with Gasteiger partial charge in [-0.2, -0.15) is 0 Å². The zero-order valence-corrected chi connectivity index (χ0v) is 14.4. The first kappa shape index (κ1) is 17.7. The van der Waals surface area contributed by atoms with Gasteiger partial charge in [0.1, 0.15) is 5.60 Å². The van der Waals surface area contributed by atoms with Crippen LogP contribution in [-0.2, 0) is 4.74 Å². The molecule has 1 atom stereocenters. The number of rotatable bonds is 3. The molecule has 1 aromatic rings. The third kappa shape index (κ3) is 5.18. The van der Waals surface area contributed by atoms with Gasteiger partial charge in [0.2, 0.25) is 0 Å². The van der Waals surface area contributed by atoms with Gasteiger partial charge in [-0.3, -0.25) is 9.88 Å². The van der Waals surface area contributed by atoms with E-state index in [0.29, 0.717) is 19.6 Å². The molecule has 1 saturated heterocycles. The minimum atomic E-state index is -0.461. The Balaban J connectivity index is 1.99. The second-order valence-corrected chi connectivity index (χ2v) is 6.86. The molecule has 1 aromatic heterocycles. The van der Waals surface area contributed by atoms with E-state index in [2.05, 4.69) is 9.88 Å². The molecule has 23 heavy (non-hydrogen) atoms. The van der Waals surface area contributed by atoms with Crippen LogP contribution >= 0.6 is 0 Å². The topological polar surface area (TPSA) is 71.7 Å². The normalized spacial score (nSPS) is 18.3. The Bertz CT molecular complexity index is 501. The second-order valence-electron chi connectivity index (χ2n) is 6.86. The van der Waals surface area contributed by atoms with Crippen LogP contribution in [0.4, 0.5) is 4.79 Å². The average molecular weight is 320 g/mol. The van der Waals surface area contributed by atoms with Gasteiger partial charge in [0.05, 0.1) is 11.7 Å². The maximum atomic E-state index is 12.2. The maximum Gasteiger partial charge on any atom is 0.410 e. The van der Waals surface area contributed by atoms with Crippen LogP contribution in [0.1, 0.15) is 38.9 Å². The van der Waals surface area contributed by atoms with E-state index in [-0.39, 0.29) is 12.1 Å². The number of ether oxygens (including phenoxy) is 1. The van der Waals surface area contributed by atoms with Crippen molar-refractivity contribution < 1.29 is 9.53 Å². The van der Waals surface area contributed by atoms with Crippen LogP contribution < -0.4 is 5.73 Å². The van der Waals surface area contributed by atoms with E-state index in [4.69, 9.17) is 10.5 Å². The molecule has 0 saturated carbocycles. The van der Waals surface area contributed by atoms with Gasteiger partial charge in [0.15, 0.2) is 0 Å². The summed E-state index contributed by atoms with van der Waals surface area (Å²) in [6.45, 7) is 9.23. The fourth-order valence-corrected chi connectivity index (χ4v) is 2.79. The second kappa shape index (κ2) is 7.75. The maximum absolute atomic E-state index is 12.2. The summed E-state index contributed by atoms with van der Waals surface area (Å²) in [4.78, 5) is 20.8. The molecule has 0 radical (unpaired) electrons. The first-order valence-electron chi connectivity index (χ1n) is 8.23. The first-order chi connectivity index (χ1) is 10.9. The highest BCUT2D eigenvalue weighted by Crippen LogP contribution is 2.20. The molecular weight excluding hydrogens is 292 g/mol. The summed E-state index contributed by atoms with van der Waals surface area (Å²) in [6, 6.07) is 5.99. The predicted octanol–water partition coefficient (Wildman–Crippen LogP) is 2.02. The van der Waals surface area contributed by atoms with E-state index in [9.17, 15) is 4.79 Å². The molecule has 1 aliphatic heterocycles. The van der Waals surface area contributed by atoms with Crippen LogP contribution in [-0.4, -0.2) is 59.2 Å². The summed E-state index contributed by atoms with van der Waals surface area (Å²) in [5.74, 6) is 0. The van der Waals surface area contributed by atoms with Crippen molar-refractivity contribution in [2.75, 3.05) is 32.7 Å². The van der Waals surface area contributed by atoms with Crippen LogP contribution in [0.5, 0.6) is 0 Å². The van der Waals surface area contributed by atoms with Crippen molar-refractivity contribution in [3.8, 4) is 0 Å². The van der Waals surface area contributed by atoms with E-state index in [1.807, 2.05) is 39.0 Å². The molecule has 6 nitrogen and oxygen atoms in total. The molecule has 128 valence electrons. The summed E-state index contributed by atoms with van der Waals surface area (Å²) >= 11 is 0. The SMILES string of the molecule is CC(C)(C)OC(=O)N1CCCN(C(CN)c2ccccn2)CC1. The standard InChI is InChI=1S/C17H28N4O2/c1-17(2,3)23-16(22)21-10-6-9-20(11-12-21)15(13-18)14-7-4-5-8-19-14/h4-5,7-8,15H,6,9-13,18H2,1-3H3. The van der Waals surface area contributed by atoms with Crippen molar-refractivity contribution in [2.24, 2.45) is 5.73 Å². The molecule has 1 aliphatic rings. The van der Waals surface area contributed by atoms with E-state index < -0.39 is 5.60 Å². The minimum absolute atomic E-state index is 0.0924. The van der Waals surface area contributed by atoms with Crippen LogP contribution in [0.25, 0.3) is 0 Å². The molecule has 2 N–H and O–H groups in total. The van der Waals surface area contributed by atoms with Crippen LogP contribution in [0.2, 0.25) is 0 Å². The molecular formula is C17H28N4O2. The van der Waals surface area contributed by atoms with Gasteiger partial charge in [0.25, 0.3) is 0 Å². The van der Waals surface area contributed by atoms with Gasteiger partial charge in [0, 0.05) is 38.9 Å². The van der Waals surface area contributed by atoms with Gasteiger partial charge in [-0.05, 0) is 39.3 Å². The Morgan fingerprint density at radius 2 is 2.09 bits per heavy atom. The van der Waals surface area contributed by atoms with Crippen LogP contribution in [0.3, 0.4) is 0 Å². The van der Waals surface area contributed by atoms with Crippen molar-refractivity contribution >= 4 is 6.09 Å². The minimum Gasteiger partial charge on any atom is -0.444 e. The Morgan fingerprint density at radius 3 is 2.70 bits per heavy atom. The zero-order chi connectivity index (χ0) is 16.9. The average Bonchev–Trinajstić information content (AvgIpc) is 2.74. The number of hydrogen-bond acceptors (Lipinski definition) is 5. The van der Waals surface area contributed by atoms with Crippen molar-refractivity contribution in [3.63, 3.8) is 0 Å². The molecule has 2 heterocycles. The zero-order valence-electron chi connectivity index (χ0n) is 14.4. The highest BCUT2D eigenvalue weighted by molar-refractivity contribution is 5.68. The first-order valence-corrected chi connectivity index (χ1v) is 8.23. The third-order valence-corrected chi connectivity index (χ3v) is 3.88. The van der Waals surface area contributed by atoms with E-state index >= 15 is 0 Å². The van der Waals surface area contributed by atoms with E-state index in [1.165, 1.54) is 0 Å². The molecule has 0 bridgehead atoms. The molecule has 0 aromatic carbocycles. The smallest absolute Gasteiger partial charge is 0.410 e. The number of aromatic nitrogens is 1. The molecule has 1 unspecified atom stereocenters. The Hall–Kier alpha value is -1.66. The molecule has 6 heteroatoms. The van der Waals surface area contributed by atoms with E-state index in [0.717, 1.165) is 25.2 Å². The summed E-state index contributed by atoms with van der Waals surface area (Å²) in [5, 5.41) is 0. The van der Waals surface area contributed by atoms with Crippen molar-refractivity contribution in [1.82, 2.24) is 14.8 Å². The number of nitrogens with two attached hydrogens (primary N) is 1. The van der Waals surface area contributed by atoms with Gasteiger partial charge in [-0.15, -0.1) is 0 Å². The third-order valence-electron chi connectivity index (χ3n) is 3.88. The number of hydrogen-bond donors (Lipinski definition) is 1. The lowest BCUT2D eigenvalue weighted by molar-refractivity contribution is 0.0255. The Labute approximate surface area is 138 Å². The quantitative estimate of drug-likeness (QED) is 0.922. The van der Waals surface area contributed by atoms with Crippen LogP contribution in [0, 0.1) is 0 Å². The summed E-state index contributed by atoms with van der Waals surface area (Å²) in [6.07, 6.45) is 2.47. The predicted molar refractivity (Wildman–Crippen MR) is 90.0 cm³/mol. The largest absolute Gasteiger partial charge is 0.444 e. The van der Waals surface area contributed by atoms with Gasteiger partial charge >= 0.3 is 6.09 Å². The van der Waals surface area contributed by atoms with Crippen molar-refractivity contribution in [1.29, 1.82) is 0 Å².